The lowest BCUT2D eigenvalue weighted by atomic mass is 10.1. The molecule has 1 aliphatic rings. The fourth-order valence-corrected chi connectivity index (χ4v) is 3.28. The molecule has 0 bridgehead atoms. The first kappa shape index (κ1) is 17.2. The molecule has 1 aromatic rings. The van der Waals surface area contributed by atoms with Gasteiger partial charge in [0, 0.05) is 31.9 Å². The Hall–Kier alpha value is -1.11. The summed E-state index contributed by atoms with van der Waals surface area (Å²) in [6, 6.07) is 5.95. The van der Waals surface area contributed by atoms with Gasteiger partial charge in [-0.3, -0.25) is 4.79 Å². The van der Waals surface area contributed by atoms with Crippen LogP contribution in [-0.4, -0.2) is 59.0 Å². The average molecular weight is 338 g/mol. The molecule has 4 nitrogen and oxygen atoms in total. The lowest BCUT2D eigenvalue weighted by Crippen LogP contribution is -2.46. The molecular formula is C16H23N3OS2. The average Bonchev–Trinajstić information content (AvgIpc) is 2.49. The van der Waals surface area contributed by atoms with E-state index in [9.17, 15) is 4.79 Å². The number of carbonyl (C=O) groups is 1. The van der Waals surface area contributed by atoms with E-state index in [1.54, 1.807) is 0 Å². The molecule has 0 aliphatic carbocycles. The summed E-state index contributed by atoms with van der Waals surface area (Å²) < 4.78 is 0.823. The van der Waals surface area contributed by atoms with Crippen molar-refractivity contribution in [3.63, 3.8) is 0 Å². The summed E-state index contributed by atoms with van der Waals surface area (Å²) in [5, 5.41) is 2.93. The van der Waals surface area contributed by atoms with E-state index in [0.717, 1.165) is 36.2 Å². The molecule has 0 unspecified atom stereocenters. The van der Waals surface area contributed by atoms with Crippen molar-refractivity contribution in [2.24, 2.45) is 0 Å². The summed E-state index contributed by atoms with van der Waals surface area (Å²) in [5.41, 5.74) is 3.25. The predicted octanol–water partition coefficient (Wildman–Crippen LogP) is 2.51. The summed E-state index contributed by atoms with van der Waals surface area (Å²) >= 11 is 6.87. The van der Waals surface area contributed by atoms with Gasteiger partial charge >= 0.3 is 0 Å². The van der Waals surface area contributed by atoms with Crippen LogP contribution in [0.4, 0.5) is 5.69 Å². The highest BCUT2D eigenvalue weighted by atomic mass is 32.2. The van der Waals surface area contributed by atoms with Crippen LogP contribution in [0.25, 0.3) is 0 Å². The fourth-order valence-electron chi connectivity index (χ4n) is 2.22. The molecule has 2 rings (SSSR count). The Morgan fingerprint density at radius 1 is 1.23 bits per heavy atom. The Morgan fingerprint density at radius 3 is 2.55 bits per heavy atom. The number of nitrogens with one attached hydrogen (secondary N) is 1. The smallest absolute Gasteiger partial charge is 0.234 e. The van der Waals surface area contributed by atoms with Crippen LogP contribution in [0.3, 0.4) is 0 Å². The van der Waals surface area contributed by atoms with Gasteiger partial charge in [0.1, 0.15) is 4.32 Å². The van der Waals surface area contributed by atoms with Gasteiger partial charge in [-0.1, -0.05) is 30.0 Å². The molecule has 1 aromatic carbocycles. The van der Waals surface area contributed by atoms with E-state index in [4.69, 9.17) is 12.2 Å². The van der Waals surface area contributed by atoms with Crippen LogP contribution in [0.15, 0.2) is 18.2 Å². The van der Waals surface area contributed by atoms with Gasteiger partial charge in [-0.2, -0.15) is 0 Å². The molecule has 6 heteroatoms. The Kier molecular flexibility index (Phi) is 6.23. The molecule has 1 N–H and O–H groups in total. The third-order valence-corrected chi connectivity index (χ3v) is 5.40. The van der Waals surface area contributed by atoms with Crippen molar-refractivity contribution in [3.8, 4) is 0 Å². The molecule has 0 aromatic heterocycles. The summed E-state index contributed by atoms with van der Waals surface area (Å²) in [6.07, 6.45) is 0. The van der Waals surface area contributed by atoms with E-state index in [1.165, 1.54) is 22.9 Å². The number of benzene rings is 1. The normalized spacial score (nSPS) is 15.7. The van der Waals surface area contributed by atoms with Gasteiger partial charge in [-0.05, 0) is 44.2 Å². The van der Waals surface area contributed by atoms with E-state index >= 15 is 0 Å². The number of hydrogen-bond donors (Lipinski definition) is 1. The molecule has 0 radical (unpaired) electrons. The second kappa shape index (κ2) is 7.94. The molecule has 0 spiro atoms. The van der Waals surface area contributed by atoms with Crippen LogP contribution in [0.5, 0.6) is 0 Å². The zero-order valence-corrected chi connectivity index (χ0v) is 15.0. The largest absolute Gasteiger partial charge is 0.355 e. The standard InChI is InChI=1S/C16H23N3OS2/c1-12-4-5-14(10-13(12)2)17-15(20)11-22-16(21)19-8-6-18(3)7-9-19/h4-5,10H,6-9,11H2,1-3H3,(H,17,20). The lowest BCUT2D eigenvalue weighted by Gasteiger charge is -2.33. The van der Waals surface area contributed by atoms with Crippen LogP contribution in [0, 0.1) is 13.8 Å². The Labute approximate surface area is 142 Å². The van der Waals surface area contributed by atoms with Gasteiger partial charge in [-0.15, -0.1) is 0 Å². The third kappa shape index (κ3) is 4.97. The first-order valence-corrected chi connectivity index (χ1v) is 8.82. The SMILES string of the molecule is Cc1ccc(NC(=O)CSC(=S)N2CCN(C)CC2)cc1C. The quantitative estimate of drug-likeness (QED) is 0.858. The van der Waals surface area contributed by atoms with Crippen LogP contribution >= 0.6 is 24.0 Å². The molecule has 0 atom stereocenters. The minimum Gasteiger partial charge on any atom is -0.355 e. The Balaban J connectivity index is 1.77. The molecule has 120 valence electrons. The molecule has 1 amide bonds. The number of thiocarbonyl (C=S) groups is 1. The number of amides is 1. The number of piperazine rings is 1. The van der Waals surface area contributed by atoms with Crippen molar-refractivity contribution in [3.05, 3.63) is 29.3 Å². The molecule has 1 fully saturated rings. The number of thioether (sulfide) groups is 1. The second-order valence-corrected chi connectivity index (χ2v) is 7.30. The summed E-state index contributed by atoms with van der Waals surface area (Å²) in [5.74, 6) is 0.350. The molecular weight excluding hydrogens is 314 g/mol. The summed E-state index contributed by atoms with van der Waals surface area (Å²) in [6.45, 7) is 8.04. The maximum absolute atomic E-state index is 12.0. The zero-order chi connectivity index (χ0) is 16.1. The Bertz CT molecular complexity index is 554. The maximum Gasteiger partial charge on any atom is 0.234 e. The molecule has 0 saturated carbocycles. The van der Waals surface area contributed by atoms with E-state index in [0.29, 0.717) is 5.75 Å². The van der Waals surface area contributed by atoms with E-state index in [-0.39, 0.29) is 5.91 Å². The minimum absolute atomic E-state index is 0.00951. The number of carbonyl (C=O) groups excluding carboxylic acids is 1. The summed E-state index contributed by atoms with van der Waals surface area (Å²) in [4.78, 5) is 16.5. The number of hydrogen-bond acceptors (Lipinski definition) is 4. The van der Waals surface area contributed by atoms with Crippen LogP contribution < -0.4 is 5.32 Å². The van der Waals surface area contributed by atoms with E-state index < -0.39 is 0 Å². The van der Waals surface area contributed by atoms with Crippen LogP contribution in [0.1, 0.15) is 11.1 Å². The number of likely N-dealkylation sites (N-methyl/N-ethyl adjacent to an activating group) is 1. The summed E-state index contributed by atoms with van der Waals surface area (Å²) in [7, 11) is 2.12. The fraction of sp³-hybridized carbons (Fsp3) is 0.500. The van der Waals surface area contributed by atoms with Crippen molar-refractivity contribution in [1.29, 1.82) is 0 Å². The first-order valence-electron chi connectivity index (χ1n) is 7.43. The topological polar surface area (TPSA) is 35.6 Å². The molecule has 1 aliphatic heterocycles. The van der Waals surface area contributed by atoms with Gasteiger partial charge in [-0.25, -0.2) is 0 Å². The van der Waals surface area contributed by atoms with Gasteiger partial charge in [0.25, 0.3) is 0 Å². The second-order valence-electron chi connectivity index (χ2n) is 5.69. The van der Waals surface area contributed by atoms with Crippen molar-refractivity contribution >= 4 is 39.9 Å². The minimum atomic E-state index is -0.00951. The highest BCUT2D eigenvalue weighted by Crippen LogP contribution is 2.16. The highest BCUT2D eigenvalue weighted by molar-refractivity contribution is 8.23. The molecule has 1 heterocycles. The van der Waals surface area contributed by atoms with Gasteiger partial charge in [0.2, 0.25) is 5.91 Å². The number of anilines is 1. The van der Waals surface area contributed by atoms with Crippen LogP contribution in [-0.2, 0) is 4.79 Å². The van der Waals surface area contributed by atoms with E-state index in [2.05, 4.69) is 29.1 Å². The van der Waals surface area contributed by atoms with Crippen molar-refractivity contribution < 1.29 is 4.79 Å². The molecule has 22 heavy (non-hydrogen) atoms. The predicted molar refractivity (Wildman–Crippen MR) is 98.7 cm³/mol. The lowest BCUT2D eigenvalue weighted by molar-refractivity contribution is -0.113. The number of rotatable bonds is 3. The van der Waals surface area contributed by atoms with Crippen molar-refractivity contribution in [1.82, 2.24) is 9.80 Å². The first-order chi connectivity index (χ1) is 10.5. The van der Waals surface area contributed by atoms with Gasteiger partial charge in [0.05, 0.1) is 5.75 Å². The molecule has 1 saturated heterocycles. The zero-order valence-electron chi connectivity index (χ0n) is 13.4. The van der Waals surface area contributed by atoms with Gasteiger partial charge < -0.3 is 15.1 Å². The maximum atomic E-state index is 12.0. The van der Waals surface area contributed by atoms with Crippen molar-refractivity contribution in [2.45, 2.75) is 13.8 Å². The Morgan fingerprint density at radius 2 is 1.91 bits per heavy atom. The van der Waals surface area contributed by atoms with Crippen molar-refractivity contribution in [2.75, 3.05) is 44.3 Å². The monoisotopic (exact) mass is 337 g/mol. The third-order valence-electron chi connectivity index (χ3n) is 3.88. The number of nitrogens with zero attached hydrogens (tertiary/aromatic N) is 2. The van der Waals surface area contributed by atoms with Gasteiger partial charge in [0.15, 0.2) is 0 Å². The van der Waals surface area contributed by atoms with E-state index in [1.807, 2.05) is 25.1 Å². The number of aryl methyl sites for hydroxylation is 2. The van der Waals surface area contributed by atoms with Crippen LogP contribution in [0.2, 0.25) is 0 Å². The highest BCUT2D eigenvalue weighted by Gasteiger charge is 2.17.